The Balaban J connectivity index is 1.73. The Morgan fingerprint density at radius 1 is 0.963 bits per heavy atom. The quantitative estimate of drug-likeness (QED) is 0.815. The van der Waals surface area contributed by atoms with E-state index in [-0.39, 0.29) is 10.8 Å². The summed E-state index contributed by atoms with van der Waals surface area (Å²) in [7, 11) is -3.71. The van der Waals surface area contributed by atoms with Crippen LogP contribution in [0.2, 0.25) is 0 Å². The molecule has 2 aliphatic rings. The molecule has 2 aromatic rings. The Morgan fingerprint density at radius 3 is 2.48 bits per heavy atom. The van der Waals surface area contributed by atoms with Crippen molar-refractivity contribution in [2.75, 3.05) is 23.9 Å². The summed E-state index contributed by atoms with van der Waals surface area (Å²) < 4.78 is 28.2. The molecule has 2 heterocycles. The number of rotatable bonds is 3. The second-order valence-electron chi connectivity index (χ2n) is 7.29. The lowest BCUT2D eigenvalue weighted by Crippen LogP contribution is -2.35. The van der Waals surface area contributed by atoms with Gasteiger partial charge in [-0.1, -0.05) is 24.3 Å². The van der Waals surface area contributed by atoms with E-state index < -0.39 is 10.0 Å². The van der Waals surface area contributed by atoms with Crippen molar-refractivity contribution in [1.82, 2.24) is 4.90 Å². The summed E-state index contributed by atoms with van der Waals surface area (Å²) in [6.45, 7) is 3.81. The van der Waals surface area contributed by atoms with E-state index in [0.29, 0.717) is 12.1 Å². The lowest BCUT2D eigenvalue weighted by Gasteiger charge is -2.30. The molecule has 5 nitrogen and oxygen atoms in total. The van der Waals surface area contributed by atoms with Crippen molar-refractivity contribution in [3.05, 3.63) is 59.2 Å². The van der Waals surface area contributed by atoms with Crippen LogP contribution in [0.1, 0.15) is 40.7 Å². The maximum atomic E-state index is 13.4. The smallest absolute Gasteiger partial charge is 0.264 e. The molecule has 0 unspecified atom stereocenters. The van der Waals surface area contributed by atoms with Crippen LogP contribution in [0.3, 0.4) is 0 Å². The Morgan fingerprint density at radius 2 is 1.70 bits per heavy atom. The Kier molecular flexibility index (Phi) is 4.68. The summed E-state index contributed by atoms with van der Waals surface area (Å²) >= 11 is 0. The molecule has 0 aromatic heterocycles. The van der Waals surface area contributed by atoms with E-state index in [2.05, 4.69) is 0 Å². The Bertz CT molecular complexity index is 979. The van der Waals surface area contributed by atoms with Crippen molar-refractivity contribution < 1.29 is 13.2 Å². The molecule has 2 aromatic carbocycles. The standard InChI is InChI=1S/C21H24N2O3S/c1-16-10-11-18(15-19(16)21(24)22-12-4-5-13-22)27(25,26)23-14-6-8-17-7-2-3-9-20(17)23/h2-3,7,9-11,15H,4-6,8,12-14H2,1H3. The molecule has 0 atom stereocenters. The molecule has 0 spiro atoms. The summed E-state index contributed by atoms with van der Waals surface area (Å²) in [6.07, 6.45) is 3.69. The molecule has 0 saturated carbocycles. The van der Waals surface area contributed by atoms with E-state index in [4.69, 9.17) is 0 Å². The molecule has 4 rings (SSSR count). The van der Waals surface area contributed by atoms with Crippen LogP contribution >= 0.6 is 0 Å². The lowest BCUT2D eigenvalue weighted by atomic mass is 10.0. The number of carbonyl (C=O) groups excluding carboxylic acids is 1. The van der Waals surface area contributed by atoms with Gasteiger partial charge in [-0.25, -0.2) is 8.42 Å². The number of carbonyl (C=O) groups is 1. The molecule has 1 saturated heterocycles. The first-order valence-corrected chi connectivity index (χ1v) is 10.9. The monoisotopic (exact) mass is 384 g/mol. The van der Waals surface area contributed by atoms with Crippen molar-refractivity contribution in [3.63, 3.8) is 0 Å². The zero-order valence-corrected chi connectivity index (χ0v) is 16.3. The average Bonchev–Trinajstić information content (AvgIpc) is 3.22. The second-order valence-corrected chi connectivity index (χ2v) is 9.15. The summed E-state index contributed by atoms with van der Waals surface area (Å²) in [5, 5.41) is 0. The number of anilines is 1. The fourth-order valence-electron chi connectivity index (χ4n) is 3.96. The summed E-state index contributed by atoms with van der Waals surface area (Å²) in [6, 6.07) is 12.6. The van der Waals surface area contributed by atoms with Gasteiger partial charge in [-0.3, -0.25) is 9.10 Å². The number of likely N-dealkylation sites (tertiary alicyclic amines) is 1. The first kappa shape index (κ1) is 18.0. The highest BCUT2D eigenvalue weighted by atomic mass is 32.2. The second kappa shape index (κ2) is 7.00. The van der Waals surface area contributed by atoms with Gasteiger partial charge in [0.05, 0.1) is 10.6 Å². The highest BCUT2D eigenvalue weighted by Gasteiger charge is 2.30. The van der Waals surface area contributed by atoms with E-state index in [1.165, 1.54) is 4.31 Å². The van der Waals surface area contributed by atoms with Crippen LogP contribution in [0, 0.1) is 6.92 Å². The molecule has 0 N–H and O–H groups in total. The van der Waals surface area contributed by atoms with E-state index in [0.717, 1.165) is 55.6 Å². The summed E-state index contributed by atoms with van der Waals surface area (Å²) in [4.78, 5) is 14.8. The van der Waals surface area contributed by atoms with Crippen LogP contribution < -0.4 is 4.31 Å². The SMILES string of the molecule is Cc1ccc(S(=O)(=O)N2CCCc3ccccc32)cc1C(=O)N1CCCC1. The molecule has 27 heavy (non-hydrogen) atoms. The summed E-state index contributed by atoms with van der Waals surface area (Å²) in [5.74, 6) is -0.0684. The Labute approximate surface area is 160 Å². The molecule has 6 heteroatoms. The minimum atomic E-state index is -3.71. The van der Waals surface area contributed by atoms with E-state index in [1.807, 2.05) is 36.1 Å². The third-order valence-electron chi connectivity index (χ3n) is 5.49. The number of aryl methyl sites for hydroxylation is 2. The third-order valence-corrected chi connectivity index (χ3v) is 7.30. The van der Waals surface area contributed by atoms with Crippen LogP contribution in [0.4, 0.5) is 5.69 Å². The van der Waals surface area contributed by atoms with Gasteiger partial charge < -0.3 is 4.90 Å². The number of benzene rings is 2. The highest BCUT2D eigenvalue weighted by Crippen LogP contribution is 2.32. The van der Waals surface area contributed by atoms with Crippen LogP contribution in [0.5, 0.6) is 0 Å². The van der Waals surface area contributed by atoms with Gasteiger partial charge >= 0.3 is 0 Å². The lowest BCUT2D eigenvalue weighted by molar-refractivity contribution is 0.0792. The maximum absolute atomic E-state index is 13.4. The van der Waals surface area contributed by atoms with Crippen molar-refractivity contribution in [3.8, 4) is 0 Å². The zero-order chi connectivity index (χ0) is 19.0. The van der Waals surface area contributed by atoms with E-state index in [1.54, 1.807) is 18.2 Å². The fraction of sp³-hybridized carbons (Fsp3) is 0.381. The number of hydrogen-bond acceptors (Lipinski definition) is 3. The molecule has 1 amide bonds. The number of fused-ring (bicyclic) bond motifs is 1. The zero-order valence-electron chi connectivity index (χ0n) is 15.5. The van der Waals surface area contributed by atoms with Gasteiger partial charge in [-0.05, 0) is 61.9 Å². The van der Waals surface area contributed by atoms with Gasteiger partial charge in [0.25, 0.3) is 15.9 Å². The van der Waals surface area contributed by atoms with E-state index in [9.17, 15) is 13.2 Å². The normalized spacial score (nSPS) is 17.1. The van der Waals surface area contributed by atoms with Crippen LogP contribution in [-0.4, -0.2) is 38.9 Å². The molecule has 0 aliphatic carbocycles. The van der Waals surface area contributed by atoms with Crippen molar-refractivity contribution in [2.45, 2.75) is 37.5 Å². The van der Waals surface area contributed by atoms with Gasteiger partial charge in [0.15, 0.2) is 0 Å². The van der Waals surface area contributed by atoms with Crippen molar-refractivity contribution >= 4 is 21.6 Å². The minimum absolute atomic E-state index is 0.0684. The number of amides is 1. The van der Waals surface area contributed by atoms with Crippen LogP contribution in [0.25, 0.3) is 0 Å². The van der Waals surface area contributed by atoms with Gasteiger partial charge in [0.2, 0.25) is 0 Å². The average molecular weight is 385 g/mol. The molecule has 0 bridgehead atoms. The van der Waals surface area contributed by atoms with Gasteiger partial charge in [0.1, 0.15) is 0 Å². The first-order valence-electron chi connectivity index (χ1n) is 9.49. The molecule has 142 valence electrons. The third kappa shape index (κ3) is 3.23. The largest absolute Gasteiger partial charge is 0.339 e. The molecule has 1 fully saturated rings. The minimum Gasteiger partial charge on any atom is -0.339 e. The van der Waals surface area contributed by atoms with Crippen molar-refractivity contribution in [2.24, 2.45) is 0 Å². The van der Waals surface area contributed by atoms with Gasteiger partial charge in [-0.15, -0.1) is 0 Å². The predicted molar refractivity (Wildman–Crippen MR) is 106 cm³/mol. The number of para-hydroxylation sites is 1. The van der Waals surface area contributed by atoms with Crippen molar-refractivity contribution in [1.29, 1.82) is 0 Å². The maximum Gasteiger partial charge on any atom is 0.264 e. The highest BCUT2D eigenvalue weighted by molar-refractivity contribution is 7.92. The van der Waals surface area contributed by atoms with Gasteiger partial charge in [-0.2, -0.15) is 0 Å². The van der Waals surface area contributed by atoms with E-state index >= 15 is 0 Å². The van der Waals surface area contributed by atoms with Gasteiger partial charge in [0, 0.05) is 25.2 Å². The molecule has 0 radical (unpaired) electrons. The number of nitrogens with zero attached hydrogens (tertiary/aromatic N) is 2. The Hall–Kier alpha value is -2.34. The summed E-state index contributed by atoms with van der Waals surface area (Å²) in [5.41, 5.74) is 3.10. The predicted octanol–water partition coefficient (Wildman–Crippen LogP) is 3.37. The molecular weight excluding hydrogens is 360 g/mol. The fourth-order valence-corrected chi connectivity index (χ4v) is 5.53. The first-order chi connectivity index (χ1) is 13.0. The number of hydrogen-bond donors (Lipinski definition) is 0. The van der Waals surface area contributed by atoms with Crippen LogP contribution in [0.15, 0.2) is 47.4 Å². The molecule has 2 aliphatic heterocycles. The molecular formula is C21H24N2O3S. The topological polar surface area (TPSA) is 57.7 Å². The number of sulfonamides is 1. The van der Waals surface area contributed by atoms with Crippen LogP contribution in [-0.2, 0) is 16.4 Å².